The van der Waals surface area contributed by atoms with Crippen LogP contribution in [0.4, 0.5) is 0 Å². The van der Waals surface area contributed by atoms with Gasteiger partial charge >= 0.3 is 5.97 Å². The SMILES string of the molecule is O=C(O)c1cc(Br)c2c(c1Cl)OCC2. The zero-order valence-electron chi connectivity index (χ0n) is 7.01. The maximum absolute atomic E-state index is 10.8. The Hall–Kier alpha value is -0.740. The van der Waals surface area contributed by atoms with Gasteiger partial charge in [-0.05, 0) is 6.07 Å². The van der Waals surface area contributed by atoms with Gasteiger partial charge < -0.3 is 9.84 Å². The molecule has 0 amide bonds. The minimum Gasteiger partial charge on any atom is -0.491 e. The van der Waals surface area contributed by atoms with Gasteiger partial charge in [-0.2, -0.15) is 0 Å². The smallest absolute Gasteiger partial charge is 0.337 e. The van der Waals surface area contributed by atoms with Crippen LogP contribution < -0.4 is 4.74 Å². The molecule has 0 saturated heterocycles. The Morgan fingerprint density at radius 1 is 1.64 bits per heavy atom. The molecular formula is C9H6BrClO3. The van der Waals surface area contributed by atoms with Crippen molar-refractivity contribution in [1.82, 2.24) is 0 Å². The molecule has 5 heteroatoms. The molecule has 0 atom stereocenters. The molecule has 14 heavy (non-hydrogen) atoms. The first kappa shape index (κ1) is 9.80. The van der Waals surface area contributed by atoms with E-state index in [9.17, 15) is 4.79 Å². The van der Waals surface area contributed by atoms with Gasteiger partial charge in [0.25, 0.3) is 0 Å². The summed E-state index contributed by atoms with van der Waals surface area (Å²) in [6.45, 7) is 0.552. The van der Waals surface area contributed by atoms with E-state index in [2.05, 4.69) is 15.9 Å². The van der Waals surface area contributed by atoms with Gasteiger partial charge in [0.05, 0.1) is 17.2 Å². The van der Waals surface area contributed by atoms with Gasteiger partial charge in [-0.1, -0.05) is 27.5 Å². The molecule has 3 nitrogen and oxygen atoms in total. The fourth-order valence-corrected chi connectivity index (χ4v) is 2.35. The van der Waals surface area contributed by atoms with E-state index in [1.165, 1.54) is 6.07 Å². The molecular weight excluding hydrogens is 271 g/mol. The zero-order chi connectivity index (χ0) is 10.3. The molecule has 0 bridgehead atoms. The number of fused-ring (bicyclic) bond motifs is 1. The lowest BCUT2D eigenvalue weighted by atomic mass is 10.1. The van der Waals surface area contributed by atoms with Crippen LogP contribution in [-0.4, -0.2) is 17.7 Å². The van der Waals surface area contributed by atoms with Crippen LogP contribution in [0.5, 0.6) is 5.75 Å². The van der Waals surface area contributed by atoms with E-state index in [1.807, 2.05) is 0 Å². The molecule has 1 aliphatic heterocycles. The van der Waals surface area contributed by atoms with E-state index in [0.29, 0.717) is 12.4 Å². The molecule has 74 valence electrons. The number of aromatic carboxylic acids is 1. The standard InChI is InChI=1S/C9H6BrClO3/c10-6-3-5(9(12)13)7(11)8-4(6)1-2-14-8/h3H,1-2H2,(H,12,13). The lowest BCUT2D eigenvalue weighted by Gasteiger charge is -2.06. The van der Waals surface area contributed by atoms with E-state index in [1.54, 1.807) is 0 Å². The van der Waals surface area contributed by atoms with Gasteiger partial charge in [0.2, 0.25) is 0 Å². The summed E-state index contributed by atoms with van der Waals surface area (Å²) >= 11 is 9.19. The summed E-state index contributed by atoms with van der Waals surface area (Å²) < 4.78 is 6.02. The Labute approximate surface area is 93.8 Å². The van der Waals surface area contributed by atoms with Gasteiger partial charge in [-0.15, -0.1) is 0 Å². The molecule has 0 aromatic heterocycles. The maximum Gasteiger partial charge on any atom is 0.337 e. The highest BCUT2D eigenvalue weighted by Gasteiger charge is 2.24. The number of benzene rings is 1. The Morgan fingerprint density at radius 2 is 2.36 bits per heavy atom. The van der Waals surface area contributed by atoms with Crippen LogP contribution in [0.1, 0.15) is 15.9 Å². The van der Waals surface area contributed by atoms with Crippen molar-refractivity contribution in [3.05, 3.63) is 26.7 Å². The van der Waals surface area contributed by atoms with Crippen molar-refractivity contribution < 1.29 is 14.6 Å². The van der Waals surface area contributed by atoms with Gasteiger partial charge in [-0.25, -0.2) is 4.79 Å². The number of carbonyl (C=O) groups is 1. The molecule has 0 saturated carbocycles. The summed E-state index contributed by atoms with van der Waals surface area (Å²) in [5, 5.41) is 9.05. The normalized spacial score (nSPS) is 13.6. The van der Waals surface area contributed by atoms with Crippen LogP contribution in [0.2, 0.25) is 5.02 Å². The molecule has 1 aromatic carbocycles. The second kappa shape index (κ2) is 3.44. The van der Waals surface area contributed by atoms with E-state index in [4.69, 9.17) is 21.4 Å². The highest BCUT2D eigenvalue weighted by Crippen LogP contribution is 2.40. The highest BCUT2D eigenvalue weighted by atomic mass is 79.9. The summed E-state index contributed by atoms with van der Waals surface area (Å²) in [6, 6.07) is 1.51. The fraction of sp³-hybridized carbons (Fsp3) is 0.222. The third-order valence-electron chi connectivity index (χ3n) is 2.10. The average Bonchev–Trinajstić information content (AvgIpc) is 2.59. The van der Waals surface area contributed by atoms with Crippen molar-refractivity contribution in [2.45, 2.75) is 6.42 Å². The zero-order valence-corrected chi connectivity index (χ0v) is 9.35. The van der Waals surface area contributed by atoms with Gasteiger partial charge in [0, 0.05) is 16.5 Å². The first-order chi connectivity index (χ1) is 6.61. The summed E-state index contributed by atoms with van der Waals surface area (Å²) in [5.41, 5.74) is 1.01. The number of hydrogen-bond donors (Lipinski definition) is 1. The molecule has 1 aliphatic rings. The van der Waals surface area contributed by atoms with Crippen LogP contribution in [0.15, 0.2) is 10.5 Å². The van der Waals surface area contributed by atoms with Crippen molar-refractivity contribution in [3.63, 3.8) is 0 Å². The number of ether oxygens (including phenoxy) is 1. The van der Waals surface area contributed by atoms with Crippen LogP contribution in [0.25, 0.3) is 0 Å². The predicted molar refractivity (Wildman–Crippen MR) is 55.3 cm³/mol. The number of hydrogen-bond acceptors (Lipinski definition) is 2. The third-order valence-corrected chi connectivity index (χ3v) is 3.18. The van der Waals surface area contributed by atoms with Crippen molar-refractivity contribution >= 4 is 33.5 Å². The molecule has 0 spiro atoms. The minimum absolute atomic E-state index is 0.0687. The quantitative estimate of drug-likeness (QED) is 0.858. The van der Waals surface area contributed by atoms with Crippen molar-refractivity contribution in [1.29, 1.82) is 0 Å². The Balaban J connectivity index is 2.68. The van der Waals surface area contributed by atoms with Crippen molar-refractivity contribution in [3.8, 4) is 5.75 Å². The monoisotopic (exact) mass is 276 g/mol. The first-order valence-corrected chi connectivity index (χ1v) is 5.15. The fourth-order valence-electron chi connectivity index (χ4n) is 1.43. The summed E-state index contributed by atoms with van der Waals surface area (Å²) in [5.74, 6) is -0.549. The van der Waals surface area contributed by atoms with Gasteiger partial charge in [0.1, 0.15) is 5.75 Å². The number of rotatable bonds is 1. The number of carboxylic acids is 1. The van der Waals surface area contributed by atoms with Crippen LogP contribution in [0.3, 0.4) is 0 Å². The lowest BCUT2D eigenvalue weighted by Crippen LogP contribution is -1.99. The average molecular weight is 278 g/mol. The molecule has 1 heterocycles. The first-order valence-electron chi connectivity index (χ1n) is 3.98. The van der Waals surface area contributed by atoms with Crippen LogP contribution in [-0.2, 0) is 6.42 Å². The van der Waals surface area contributed by atoms with E-state index in [-0.39, 0.29) is 10.6 Å². The number of carboxylic acid groups (broad SMARTS) is 1. The van der Waals surface area contributed by atoms with Crippen LogP contribution in [0, 0.1) is 0 Å². The second-order valence-corrected chi connectivity index (χ2v) is 4.16. The Kier molecular flexibility index (Phi) is 2.41. The van der Waals surface area contributed by atoms with Crippen LogP contribution >= 0.6 is 27.5 Å². The molecule has 0 fully saturated rings. The molecule has 0 radical (unpaired) electrons. The Morgan fingerprint density at radius 3 is 3.00 bits per heavy atom. The third kappa shape index (κ3) is 1.38. The predicted octanol–water partition coefficient (Wildman–Crippen LogP) is 2.74. The van der Waals surface area contributed by atoms with Gasteiger partial charge in [0.15, 0.2) is 0 Å². The van der Waals surface area contributed by atoms with E-state index < -0.39 is 5.97 Å². The van der Waals surface area contributed by atoms with E-state index in [0.717, 1.165) is 16.5 Å². The van der Waals surface area contributed by atoms with Crippen molar-refractivity contribution in [2.24, 2.45) is 0 Å². The number of halogens is 2. The molecule has 2 rings (SSSR count). The maximum atomic E-state index is 10.8. The minimum atomic E-state index is -1.05. The highest BCUT2D eigenvalue weighted by molar-refractivity contribution is 9.10. The Bertz CT molecular complexity index is 417. The largest absolute Gasteiger partial charge is 0.491 e. The molecule has 1 aromatic rings. The second-order valence-electron chi connectivity index (χ2n) is 2.93. The summed E-state index contributed by atoms with van der Waals surface area (Å²) in [6.07, 6.45) is 0.759. The molecule has 0 aliphatic carbocycles. The molecule has 0 unspecified atom stereocenters. The van der Waals surface area contributed by atoms with E-state index >= 15 is 0 Å². The topological polar surface area (TPSA) is 46.5 Å². The molecule has 1 N–H and O–H groups in total. The lowest BCUT2D eigenvalue weighted by molar-refractivity contribution is 0.0696. The van der Waals surface area contributed by atoms with Crippen molar-refractivity contribution in [2.75, 3.05) is 6.61 Å². The summed E-state index contributed by atoms with van der Waals surface area (Å²) in [4.78, 5) is 10.8. The van der Waals surface area contributed by atoms with Gasteiger partial charge in [-0.3, -0.25) is 0 Å². The summed E-state index contributed by atoms with van der Waals surface area (Å²) in [7, 11) is 0.